The summed E-state index contributed by atoms with van der Waals surface area (Å²) in [4.78, 5) is 11.1. The van der Waals surface area contributed by atoms with Crippen molar-refractivity contribution in [3.63, 3.8) is 0 Å². The maximum Gasteiger partial charge on any atom is 0.308 e. The fraction of sp³-hybridized carbons (Fsp3) is 0.533. The quantitative estimate of drug-likeness (QED) is 0.820. The second-order valence-corrected chi connectivity index (χ2v) is 5.91. The van der Waals surface area contributed by atoms with Crippen LogP contribution in [0, 0.1) is 0 Å². The molecule has 0 atom stereocenters. The summed E-state index contributed by atoms with van der Waals surface area (Å²) >= 11 is 6.16. The smallest absolute Gasteiger partial charge is 0.308 e. The zero-order valence-electron chi connectivity index (χ0n) is 12.5. The van der Waals surface area contributed by atoms with Gasteiger partial charge >= 0.3 is 5.97 Å². The van der Waals surface area contributed by atoms with E-state index in [-0.39, 0.29) is 24.5 Å². The third-order valence-electron chi connectivity index (χ3n) is 2.64. The van der Waals surface area contributed by atoms with E-state index in [0.717, 1.165) is 5.56 Å². The molecule has 1 N–H and O–H groups in total. The van der Waals surface area contributed by atoms with Crippen LogP contribution in [0.5, 0.6) is 5.75 Å². The average Bonchev–Trinajstić information content (AvgIpc) is 2.37. The minimum atomic E-state index is -0.300. The zero-order valence-corrected chi connectivity index (χ0v) is 13.2. The van der Waals surface area contributed by atoms with E-state index in [1.165, 1.54) is 7.11 Å². The van der Waals surface area contributed by atoms with E-state index in [0.29, 0.717) is 17.3 Å². The molecule has 0 amide bonds. The molecule has 0 unspecified atom stereocenters. The number of methoxy groups -OCH3 is 1. The molecule has 0 aliphatic heterocycles. The van der Waals surface area contributed by atoms with Crippen molar-refractivity contribution in [2.24, 2.45) is 0 Å². The third kappa shape index (κ3) is 5.80. The highest BCUT2D eigenvalue weighted by Crippen LogP contribution is 2.29. The summed E-state index contributed by atoms with van der Waals surface area (Å²) in [5.74, 6) is 0.321. The number of halogens is 1. The van der Waals surface area contributed by atoms with Gasteiger partial charge in [0.25, 0.3) is 0 Å². The second kappa shape index (κ2) is 7.50. The van der Waals surface area contributed by atoms with E-state index in [4.69, 9.17) is 16.3 Å². The van der Waals surface area contributed by atoms with Gasteiger partial charge in [0.2, 0.25) is 0 Å². The molecule has 0 radical (unpaired) electrons. The summed E-state index contributed by atoms with van der Waals surface area (Å²) < 4.78 is 10.2. The Morgan fingerprint density at radius 3 is 2.65 bits per heavy atom. The minimum Gasteiger partial charge on any atom is -0.491 e. The van der Waals surface area contributed by atoms with Gasteiger partial charge in [-0.2, -0.15) is 0 Å². The highest BCUT2D eigenvalue weighted by atomic mass is 35.5. The van der Waals surface area contributed by atoms with E-state index in [2.05, 4.69) is 30.8 Å². The molecule has 0 saturated heterocycles. The summed E-state index contributed by atoms with van der Waals surface area (Å²) in [5, 5.41) is 3.93. The summed E-state index contributed by atoms with van der Waals surface area (Å²) in [6.45, 7) is 7.18. The standard InChI is InChI=1S/C15H22ClNO3/c1-15(2,3)17-10-11-6-5-7-12(16)14(11)20-9-8-13(18)19-4/h5-7,17H,8-10H2,1-4H3. The van der Waals surface area contributed by atoms with Gasteiger partial charge in [-0.1, -0.05) is 23.7 Å². The normalized spacial score (nSPS) is 11.2. The van der Waals surface area contributed by atoms with Crippen molar-refractivity contribution in [1.29, 1.82) is 0 Å². The molecule has 0 aliphatic rings. The Labute approximate surface area is 125 Å². The van der Waals surface area contributed by atoms with Crippen molar-refractivity contribution in [3.05, 3.63) is 28.8 Å². The number of rotatable bonds is 6. The Morgan fingerprint density at radius 1 is 1.35 bits per heavy atom. The van der Waals surface area contributed by atoms with Crippen molar-refractivity contribution < 1.29 is 14.3 Å². The summed E-state index contributed by atoms with van der Waals surface area (Å²) in [7, 11) is 1.36. The van der Waals surface area contributed by atoms with Gasteiger partial charge in [-0.3, -0.25) is 4.79 Å². The Morgan fingerprint density at radius 2 is 2.05 bits per heavy atom. The maximum atomic E-state index is 11.1. The van der Waals surface area contributed by atoms with Crippen LogP contribution in [0.15, 0.2) is 18.2 Å². The fourth-order valence-electron chi connectivity index (χ4n) is 1.55. The number of para-hydroxylation sites is 1. The lowest BCUT2D eigenvalue weighted by Gasteiger charge is -2.22. The van der Waals surface area contributed by atoms with Crippen LogP contribution in [0.3, 0.4) is 0 Å². The van der Waals surface area contributed by atoms with Crippen LogP contribution in [-0.4, -0.2) is 25.2 Å². The molecule has 1 aromatic rings. The summed E-state index contributed by atoms with van der Waals surface area (Å²) in [6.07, 6.45) is 0.202. The van der Waals surface area contributed by atoms with Gasteiger partial charge in [0.1, 0.15) is 5.75 Å². The van der Waals surface area contributed by atoms with Crippen molar-refractivity contribution in [2.45, 2.75) is 39.3 Å². The molecular weight excluding hydrogens is 278 g/mol. The Bertz CT molecular complexity index is 455. The van der Waals surface area contributed by atoms with Crippen LogP contribution in [0.2, 0.25) is 5.02 Å². The molecule has 5 heteroatoms. The predicted molar refractivity (Wildman–Crippen MR) is 80.2 cm³/mol. The first-order valence-electron chi connectivity index (χ1n) is 6.55. The van der Waals surface area contributed by atoms with Crippen LogP contribution in [0.1, 0.15) is 32.8 Å². The van der Waals surface area contributed by atoms with E-state index < -0.39 is 0 Å². The van der Waals surface area contributed by atoms with Crippen LogP contribution in [-0.2, 0) is 16.1 Å². The van der Waals surface area contributed by atoms with Gasteiger partial charge in [-0.15, -0.1) is 0 Å². The predicted octanol–water partition coefficient (Wildman–Crippen LogP) is 3.17. The van der Waals surface area contributed by atoms with Crippen LogP contribution in [0.4, 0.5) is 0 Å². The molecule has 0 heterocycles. The lowest BCUT2D eigenvalue weighted by atomic mass is 10.1. The average molecular weight is 300 g/mol. The lowest BCUT2D eigenvalue weighted by molar-refractivity contribution is -0.141. The second-order valence-electron chi connectivity index (χ2n) is 5.51. The molecule has 20 heavy (non-hydrogen) atoms. The molecule has 4 nitrogen and oxygen atoms in total. The van der Waals surface area contributed by atoms with Crippen molar-refractivity contribution >= 4 is 17.6 Å². The lowest BCUT2D eigenvalue weighted by Crippen LogP contribution is -2.35. The SMILES string of the molecule is COC(=O)CCOc1c(Cl)cccc1CNC(C)(C)C. The molecule has 112 valence electrons. The molecule has 0 aromatic heterocycles. The number of carbonyl (C=O) groups is 1. The van der Waals surface area contributed by atoms with Gasteiger partial charge < -0.3 is 14.8 Å². The number of hydrogen-bond acceptors (Lipinski definition) is 4. The van der Waals surface area contributed by atoms with Gasteiger partial charge in [0.05, 0.1) is 25.2 Å². The number of nitrogens with one attached hydrogen (secondary N) is 1. The van der Waals surface area contributed by atoms with Gasteiger partial charge in [-0.05, 0) is 26.8 Å². The Hall–Kier alpha value is -1.26. The van der Waals surface area contributed by atoms with E-state index >= 15 is 0 Å². The fourth-order valence-corrected chi connectivity index (χ4v) is 1.80. The molecule has 0 saturated carbocycles. The van der Waals surface area contributed by atoms with Crippen LogP contribution >= 0.6 is 11.6 Å². The van der Waals surface area contributed by atoms with Crippen molar-refractivity contribution in [3.8, 4) is 5.75 Å². The Balaban J connectivity index is 2.70. The monoisotopic (exact) mass is 299 g/mol. The van der Waals surface area contributed by atoms with Gasteiger partial charge in [-0.25, -0.2) is 0 Å². The van der Waals surface area contributed by atoms with E-state index in [9.17, 15) is 4.79 Å². The molecule has 1 aromatic carbocycles. The molecule has 0 bridgehead atoms. The molecule has 0 spiro atoms. The van der Waals surface area contributed by atoms with Crippen LogP contribution in [0.25, 0.3) is 0 Å². The van der Waals surface area contributed by atoms with E-state index in [1.54, 1.807) is 6.07 Å². The molecule has 0 fully saturated rings. The highest BCUT2D eigenvalue weighted by molar-refractivity contribution is 6.32. The largest absolute Gasteiger partial charge is 0.491 e. The number of hydrogen-bond donors (Lipinski definition) is 1. The third-order valence-corrected chi connectivity index (χ3v) is 2.94. The topological polar surface area (TPSA) is 47.6 Å². The number of benzene rings is 1. The first-order chi connectivity index (χ1) is 9.33. The Kier molecular flexibility index (Phi) is 6.30. The zero-order chi connectivity index (χ0) is 15.2. The van der Waals surface area contributed by atoms with Gasteiger partial charge in [0.15, 0.2) is 0 Å². The number of carbonyl (C=O) groups excluding carboxylic acids is 1. The van der Waals surface area contributed by atoms with Crippen molar-refractivity contribution in [2.75, 3.05) is 13.7 Å². The molecular formula is C15H22ClNO3. The summed E-state index contributed by atoms with van der Waals surface area (Å²) in [5.41, 5.74) is 0.975. The highest BCUT2D eigenvalue weighted by Gasteiger charge is 2.13. The number of ether oxygens (including phenoxy) is 2. The molecule has 0 aliphatic carbocycles. The molecule has 1 rings (SSSR count). The van der Waals surface area contributed by atoms with Gasteiger partial charge in [0, 0.05) is 17.6 Å². The minimum absolute atomic E-state index is 0.00556. The maximum absolute atomic E-state index is 11.1. The summed E-state index contributed by atoms with van der Waals surface area (Å²) in [6, 6.07) is 5.61. The first-order valence-corrected chi connectivity index (χ1v) is 6.93. The first kappa shape index (κ1) is 16.8. The number of esters is 1. The van der Waals surface area contributed by atoms with E-state index in [1.807, 2.05) is 12.1 Å². The van der Waals surface area contributed by atoms with Crippen molar-refractivity contribution in [1.82, 2.24) is 5.32 Å². The van der Waals surface area contributed by atoms with Crippen LogP contribution < -0.4 is 10.1 Å².